The molecule has 0 bridgehead atoms. The molecular formula is C15H26O4Si. The maximum atomic E-state index is 9.75. The van der Waals surface area contributed by atoms with Crippen LogP contribution in [0.3, 0.4) is 0 Å². The smallest absolute Gasteiger partial charge is 0.200 e. The van der Waals surface area contributed by atoms with Crippen molar-refractivity contribution in [1.29, 1.82) is 0 Å². The summed E-state index contributed by atoms with van der Waals surface area (Å²) in [5, 5.41) is 19.6. The van der Waals surface area contributed by atoms with Gasteiger partial charge in [-0.05, 0) is 36.7 Å². The molecule has 0 unspecified atom stereocenters. The molecule has 0 fully saturated rings. The van der Waals surface area contributed by atoms with Crippen molar-refractivity contribution >= 4 is 8.32 Å². The third-order valence-electron chi connectivity index (χ3n) is 4.19. The molecule has 1 aromatic rings. The van der Waals surface area contributed by atoms with Gasteiger partial charge in [0.2, 0.25) is 5.75 Å². The zero-order chi connectivity index (χ0) is 15.7. The Morgan fingerprint density at radius 1 is 1.20 bits per heavy atom. The lowest BCUT2D eigenvalue weighted by Crippen LogP contribution is -2.40. The third kappa shape index (κ3) is 3.27. The Morgan fingerprint density at radius 2 is 1.75 bits per heavy atom. The van der Waals surface area contributed by atoms with Crippen molar-refractivity contribution in [2.75, 3.05) is 7.11 Å². The summed E-state index contributed by atoms with van der Waals surface area (Å²) >= 11 is 0. The molecule has 0 aliphatic carbocycles. The van der Waals surface area contributed by atoms with Crippen molar-refractivity contribution in [3.05, 3.63) is 17.2 Å². The normalized spacial score (nSPS) is 12.6. The van der Waals surface area contributed by atoms with E-state index in [0.717, 1.165) is 11.1 Å². The SMILES string of the molecule is COc1c(C)c(CO[Si](C)(C)C(C)(C)C)cc(O)c1O. The summed E-state index contributed by atoms with van der Waals surface area (Å²) in [5.41, 5.74) is 1.63. The fourth-order valence-corrected chi connectivity index (χ4v) is 2.61. The van der Waals surface area contributed by atoms with Gasteiger partial charge in [0.15, 0.2) is 19.8 Å². The first-order valence-corrected chi connectivity index (χ1v) is 9.64. The van der Waals surface area contributed by atoms with Crippen molar-refractivity contribution in [3.8, 4) is 17.2 Å². The lowest BCUT2D eigenvalue weighted by Gasteiger charge is -2.36. The third-order valence-corrected chi connectivity index (χ3v) is 8.67. The molecule has 0 aliphatic rings. The van der Waals surface area contributed by atoms with E-state index in [0.29, 0.717) is 12.4 Å². The fraction of sp³-hybridized carbons (Fsp3) is 0.600. The molecule has 0 aromatic heterocycles. The Kier molecular flexibility index (Phi) is 4.76. The quantitative estimate of drug-likeness (QED) is 0.653. The van der Waals surface area contributed by atoms with Crippen molar-refractivity contribution in [2.45, 2.75) is 52.4 Å². The van der Waals surface area contributed by atoms with Gasteiger partial charge in [0, 0.05) is 5.56 Å². The van der Waals surface area contributed by atoms with Crippen LogP contribution < -0.4 is 4.74 Å². The molecule has 0 spiro atoms. The van der Waals surface area contributed by atoms with E-state index in [1.54, 1.807) is 6.07 Å². The molecule has 0 saturated heterocycles. The first kappa shape index (κ1) is 16.9. The minimum Gasteiger partial charge on any atom is -0.504 e. The number of benzene rings is 1. The second-order valence-electron chi connectivity index (χ2n) is 6.61. The van der Waals surface area contributed by atoms with Gasteiger partial charge in [-0.1, -0.05) is 20.8 Å². The lowest BCUT2D eigenvalue weighted by atomic mass is 10.1. The molecule has 20 heavy (non-hydrogen) atoms. The molecule has 1 rings (SSSR count). The highest BCUT2D eigenvalue weighted by molar-refractivity contribution is 6.74. The molecule has 0 heterocycles. The monoisotopic (exact) mass is 298 g/mol. The van der Waals surface area contributed by atoms with E-state index in [1.165, 1.54) is 7.11 Å². The van der Waals surface area contributed by atoms with Gasteiger partial charge in [-0.25, -0.2) is 0 Å². The van der Waals surface area contributed by atoms with Gasteiger partial charge < -0.3 is 19.4 Å². The van der Waals surface area contributed by atoms with Crippen LogP contribution in [0.5, 0.6) is 17.2 Å². The molecule has 2 N–H and O–H groups in total. The van der Waals surface area contributed by atoms with Gasteiger partial charge in [0.1, 0.15) is 0 Å². The predicted octanol–water partition coefficient (Wildman–Crippen LogP) is 3.94. The van der Waals surface area contributed by atoms with E-state index < -0.39 is 8.32 Å². The van der Waals surface area contributed by atoms with Crippen LogP contribution in [0.1, 0.15) is 31.9 Å². The minimum absolute atomic E-state index is 0.129. The average Bonchev–Trinajstić information content (AvgIpc) is 2.31. The first-order chi connectivity index (χ1) is 9.01. The van der Waals surface area contributed by atoms with Crippen molar-refractivity contribution in [1.82, 2.24) is 0 Å². The molecular weight excluding hydrogens is 272 g/mol. The fourth-order valence-electron chi connectivity index (χ4n) is 1.66. The van der Waals surface area contributed by atoms with Crippen molar-refractivity contribution in [2.24, 2.45) is 0 Å². The zero-order valence-electron chi connectivity index (χ0n) is 13.5. The molecule has 0 atom stereocenters. The highest BCUT2D eigenvalue weighted by atomic mass is 28.4. The van der Waals surface area contributed by atoms with Gasteiger partial charge in [-0.3, -0.25) is 0 Å². The second-order valence-corrected chi connectivity index (χ2v) is 11.4. The Balaban J connectivity index is 3.03. The number of phenolic OH excluding ortho intramolecular Hbond substituents is 2. The van der Waals surface area contributed by atoms with E-state index >= 15 is 0 Å². The van der Waals surface area contributed by atoms with Gasteiger partial charge in [-0.15, -0.1) is 0 Å². The maximum Gasteiger partial charge on any atom is 0.200 e. The highest BCUT2D eigenvalue weighted by Crippen LogP contribution is 2.41. The zero-order valence-corrected chi connectivity index (χ0v) is 14.5. The number of methoxy groups -OCH3 is 1. The number of aromatic hydroxyl groups is 2. The van der Waals surface area contributed by atoms with Gasteiger partial charge in [-0.2, -0.15) is 0 Å². The van der Waals surface area contributed by atoms with E-state index in [2.05, 4.69) is 33.9 Å². The number of hydrogen-bond acceptors (Lipinski definition) is 4. The minimum atomic E-state index is -1.85. The molecule has 1 aromatic carbocycles. The molecule has 0 radical (unpaired) electrons. The Bertz CT molecular complexity index is 490. The van der Waals surface area contributed by atoms with Crippen molar-refractivity contribution in [3.63, 3.8) is 0 Å². The van der Waals surface area contributed by atoms with Gasteiger partial charge >= 0.3 is 0 Å². The summed E-state index contributed by atoms with van der Waals surface area (Å²) in [6.07, 6.45) is 0. The van der Waals surface area contributed by atoms with Crippen LogP contribution in [-0.2, 0) is 11.0 Å². The van der Waals surface area contributed by atoms with E-state index in [-0.39, 0.29) is 16.5 Å². The van der Waals surface area contributed by atoms with Crippen LogP contribution in [0, 0.1) is 6.92 Å². The summed E-state index contributed by atoms with van der Waals surface area (Å²) < 4.78 is 11.3. The van der Waals surface area contributed by atoms with Gasteiger partial charge in [0.25, 0.3) is 0 Å². The number of hydrogen-bond donors (Lipinski definition) is 2. The van der Waals surface area contributed by atoms with E-state index in [4.69, 9.17) is 9.16 Å². The standard InChI is InChI=1S/C15H26O4Si/c1-10-11(8-12(16)13(17)14(10)18-5)9-19-20(6,7)15(2,3)4/h8,16-17H,9H2,1-7H3. The Hall–Kier alpha value is -1.20. The summed E-state index contributed by atoms with van der Waals surface area (Å²) in [6.45, 7) is 13.2. The van der Waals surface area contributed by atoms with Gasteiger partial charge in [0.05, 0.1) is 13.7 Å². The number of phenols is 2. The second kappa shape index (κ2) is 5.66. The molecule has 114 valence electrons. The predicted molar refractivity (Wildman–Crippen MR) is 83.0 cm³/mol. The van der Waals surface area contributed by atoms with Crippen molar-refractivity contribution < 1.29 is 19.4 Å². The largest absolute Gasteiger partial charge is 0.504 e. The molecule has 0 saturated carbocycles. The first-order valence-electron chi connectivity index (χ1n) is 6.73. The Morgan fingerprint density at radius 3 is 2.20 bits per heavy atom. The van der Waals surface area contributed by atoms with Crippen LogP contribution in [-0.4, -0.2) is 25.6 Å². The number of ether oxygens (including phenoxy) is 1. The lowest BCUT2D eigenvalue weighted by molar-refractivity contribution is 0.273. The van der Waals surface area contributed by atoms with Crippen LogP contribution >= 0.6 is 0 Å². The van der Waals surface area contributed by atoms with Crippen LogP contribution in [0.25, 0.3) is 0 Å². The summed E-state index contributed by atoms with van der Waals surface area (Å²) in [7, 11) is -0.382. The summed E-state index contributed by atoms with van der Waals surface area (Å²) in [6, 6.07) is 1.54. The summed E-state index contributed by atoms with van der Waals surface area (Å²) in [4.78, 5) is 0. The van der Waals surface area contributed by atoms with E-state index in [1.807, 2.05) is 6.92 Å². The van der Waals surface area contributed by atoms with E-state index in [9.17, 15) is 10.2 Å². The Labute approximate surface area is 122 Å². The summed E-state index contributed by atoms with van der Waals surface area (Å²) in [5.74, 6) is -0.0961. The topological polar surface area (TPSA) is 58.9 Å². The number of rotatable bonds is 4. The molecule has 0 aliphatic heterocycles. The maximum absolute atomic E-state index is 9.75. The van der Waals surface area contributed by atoms with Crippen LogP contribution in [0.4, 0.5) is 0 Å². The highest BCUT2D eigenvalue weighted by Gasteiger charge is 2.37. The molecule has 4 nitrogen and oxygen atoms in total. The molecule has 0 amide bonds. The molecule has 5 heteroatoms. The average molecular weight is 298 g/mol. The van der Waals surface area contributed by atoms with Crippen LogP contribution in [0.15, 0.2) is 6.07 Å². The van der Waals surface area contributed by atoms with Crippen LogP contribution in [0.2, 0.25) is 18.1 Å².